The van der Waals surface area contributed by atoms with E-state index < -0.39 is 6.17 Å². The van der Waals surface area contributed by atoms with Crippen molar-refractivity contribution in [1.29, 1.82) is 0 Å². The van der Waals surface area contributed by atoms with Gasteiger partial charge in [-0.15, -0.1) is 0 Å². The lowest BCUT2D eigenvalue weighted by Crippen LogP contribution is -2.05. The lowest BCUT2D eigenvalue weighted by atomic mass is 10.1. The fourth-order valence-corrected chi connectivity index (χ4v) is 0.256. The van der Waals surface area contributed by atoms with E-state index in [1.807, 2.05) is 13.8 Å². The highest BCUT2D eigenvalue weighted by Gasteiger charge is 2.05. The van der Waals surface area contributed by atoms with Crippen molar-refractivity contribution in [2.45, 2.75) is 26.4 Å². The van der Waals surface area contributed by atoms with Crippen LogP contribution in [0.4, 0.5) is 4.39 Å². The molecule has 0 heterocycles. The summed E-state index contributed by atoms with van der Waals surface area (Å²) >= 11 is 0. The van der Waals surface area contributed by atoms with Crippen molar-refractivity contribution in [1.82, 2.24) is 0 Å². The first kappa shape index (κ1) is 6.93. The lowest BCUT2D eigenvalue weighted by Gasteiger charge is -2.06. The molecule has 0 rings (SSSR count). The topological polar surface area (TPSA) is 0 Å². The van der Waals surface area contributed by atoms with Gasteiger partial charge in [-0.05, 0) is 12.8 Å². The molecule has 0 aliphatic heterocycles. The van der Waals surface area contributed by atoms with Gasteiger partial charge in [0.25, 0.3) is 0 Å². The Labute approximate surface area is 44.7 Å². The van der Waals surface area contributed by atoms with Crippen LogP contribution in [0.5, 0.6) is 0 Å². The van der Waals surface area contributed by atoms with Gasteiger partial charge >= 0.3 is 0 Å². The van der Waals surface area contributed by atoms with Crippen LogP contribution < -0.4 is 0 Å². The van der Waals surface area contributed by atoms with E-state index in [2.05, 4.69) is 6.92 Å². The third kappa shape index (κ3) is 2.60. The van der Waals surface area contributed by atoms with Gasteiger partial charge in [-0.2, -0.15) is 0 Å². The minimum absolute atomic E-state index is 0.125. The molecule has 2 atom stereocenters. The largest absolute Gasteiger partial charge is 0.247 e. The fourth-order valence-electron chi connectivity index (χ4n) is 0.256. The number of rotatable bonds is 2. The van der Waals surface area contributed by atoms with E-state index in [1.54, 1.807) is 0 Å². The number of hydrogen-bond donors (Lipinski definition) is 0. The summed E-state index contributed by atoms with van der Waals surface area (Å²) in [4.78, 5) is 0. The number of alkyl halides is 1. The van der Waals surface area contributed by atoms with Crippen LogP contribution in [0.3, 0.4) is 0 Å². The molecule has 0 aliphatic carbocycles. The predicted octanol–water partition coefficient (Wildman–Crippen LogP) is 2.20. The van der Waals surface area contributed by atoms with Gasteiger partial charge < -0.3 is 0 Å². The summed E-state index contributed by atoms with van der Waals surface area (Å²) in [5.74, 6) is 0.125. The first-order valence-electron chi connectivity index (χ1n) is 2.65. The van der Waals surface area contributed by atoms with Crippen LogP contribution in [-0.2, 0) is 0 Å². The molecule has 0 amide bonds. The Kier molecular flexibility index (Phi) is 2.97. The van der Waals surface area contributed by atoms with E-state index in [0.717, 1.165) is 6.42 Å². The molecule has 0 nitrogen and oxygen atoms in total. The van der Waals surface area contributed by atoms with Crippen LogP contribution in [0.25, 0.3) is 0 Å². The summed E-state index contributed by atoms with van der Waals surface area (Å²) in [6.07, 6.45) is -0.00463. The van der Waals surface area contributed by atoms with E-state index >= 15 is 0 Å². The normalized spacial score (nSPS) is 18.9. The van der Waals surface area contributed by atoms with Gasteiger partial charge in [-0.25, -0.2) is 4.39 Å². The van der Waals surface area contributed by atoms with Crippen LogP contribution in [0, 0.1) is 12.8 Å². The molecule has 1 heteroatoms. The van der Waals surface area contributed by atoms with Crippen molar-refractivity contribution >= 4 is 0 Å². The Morgan fingerprint density at radius 2 is 2.14 bits per heavy atom. The molecule has 0 aromatic heterocycles. The quantitative estimate of drug-likeness (QED) is 0.502. The third-order valence-electron chi connectivity index (χ3n) is 1.26. The highest BCUT2D eigenvalue weighted by molar-refractivity contribution is 4.63. The standard InChI is InChI=1S/C6H12F/c1-4-5(2)6(3)7/h5-6H,3-4H2,1-2H3. The molecule has 0 N–H and O–H groups in total. The summed E-state index contributed by atoms with van der Waals surface area (Å²) in [5, 5.41) is 0. The molecule has 7 heavy (non-hydrogen) atoms. The van der Waals surface area contributed by atoms with Crippen molar-refractivity contribution in [3.05, 3.63) is 6.92 Å². The predicted molar refractivity (Wildman–Crippen MR) is 29.7 cm³/mol. The molecule has 0 aliphatic rings. The molecule has 43 valence electrons. The Morgan fingerprint density at radius 3 is 2.14 bits per heavy atom. The zero-order chi connectivity index (χ0) is 5.86. The molecule has 0 aromatic rings. The maximum atomic E-state index is 12.0. The van der Waals surface area contributed by atoms with Crippen LogP contribution in [-0.4, -0.2) is 6.17 Å². The van der Waals surface area contributed by atoms with Gasteiger partial charge in [0.05, 0.1) is 0 Å². The molecule has 0 aromatic carbocycles. The van der Waals surface area contributed by atoms with E-state index in [1.165, 1.54) is 0 Å². The Bertz CT molecular complexity index is 41.4. The van der Waals surface area contributed by atoms with Gasteiger partial charge in [-0.3, -0.25) is 0 Å². The summed E-state index contributed by atoms with van der Waals surface area (Å²) < 4.78 is 12.0. The maximum absolute atomic E-state index is 12.0. The third-order valence-corrected chi connectivity index (χ3v) is 1.26. The molecule has 2 unspecified atom stereocenters. The van der Waals surface area contributed by atoms with Gasteiger partial charge in [0.1, 0.15) is 6.17 Å². The zero-order valence-electron chi connectivity index (χ0n) is 4.95. The lowest BCUT2D eigenvalue weighted by molar-refractivity contribution is 0.288. The summed E-state index contributed by atoms with van der Waals surface area (Å²) in [5.41, 5.74) is 0. The first-order valence-corrected chi connectivity index (χ1v) is 2.65. The Balaban J connectivity index is 3.14. The highest BCUT2D eigenvalue weighted by atomic mass is 19.1. The molecule has 0 saturated carbocycles. The smallest absolute Gasteiger partial charge is 0.103 e. The number of halogens is 1. The second kappa shape index (κ2) is 3.00. The summed E-state index contributed by atoms with van der Waals surface area (Å²) in [6, 6.07) is 0. The summed E-state index contributed by atoms with van der Waals surface area (Å²) in [6.45, 7) is 7.06. The van der Waals surface area contributed by atoms with Crippen molar-refractivity contribution in [2.75, 3.05) is 0 Å². The second-order valence-electron chi connectivity index (χ2n) is 1.90. The number of hydrogen-bond acceptors (Lipinski definition) is 0. The molecule has 1 radical (unpaired) electrons. The Hall–Kier alpha value is -0.0700. The average molecular weight is 103 g/mol. The molecule has 0 spiro atoms. The highest BCUT2D eigenvalue weighted by Crippen LogP contribution is 2.08. The van der Waals surface area contributed by atoms with Crippen molar-refractivity contribution in [3.63, 3.8) is 0 Å². The van der Waals surface area contributed by atoms with Gasteiger partial charge in [0.2, 0.25) is 0 Å². The molecule has 0 saturated heterocycles. The second-order valence-corrected chi connectivity index (χ2v) is 1.90. The average Bonchev–Trinajstić information content (AvgIpc) is 1.65. The monoisotopic (exact) mass is 103 g/mol. The van der Waals surface area contributed by atoms with E-state index in [4.69, 9.17) is 0 Å². The SMILES string of the molecule is [CH2]C(F)C(C)CC. The zero-order valence-corrected chi connectivity index (χ0v) is 4.95. The van der Waals surface area contributed by atoms with Crippen molar-refractivity contribution < 1.29 is 4.39 Å². The van der Waals surface area contributed by atoms with Crippen LogP contribution in [0.2, 0.25) is 0 Å². The molecular formula is C6H12F. The summed E-state index contributed by atoms with van der Waals surface area (Å²) in [7, 11) is 0. The molecular weight excluding hydrogens is 91.1 g/mol. The van der Waals surface area contributed by atoms with E-state index in [9.17, 15) is 4.39 Å². The maximum Gasteiger partial charge on any atom is 0.103 e. The van der Waals surface area contributed by atoms with E-state index in [0.29, 0.717) is 0 Å². The van der Waals surface area contributed by atoms with Crippen molar-refractivity contribution in [3.8, 4) is 0 Å². The van der Waals surface area contributed by atoms with E-state index in [-0.39, 0.29) is 5.92 Å². The fraction of sp³-hybridized carbons (Fsp3) is 0.833. The van der Waals surface area contributed by atoms with Gasteiger partial charge in [0, 0.05) is 0 Å². The van der Waals surface area contributed by atoms with Gasteiger partial charge in [0.15, 0.2) is 0 Å². The van der Waals surface area contributed by atoms with Crippen LogP contribution in [0.15, 0.2) is 0 Å². The minimum Gasteiger partial charge on any atom is -0.247 e. The van der Waals surface area contributed by atoms with Gasteiger partial charge in [-0.1, -0.05) is 20.3 Å². The van der Waals surface area contributed by atoms with Crippen LogP contribution in [0.1, 0.15) is 20.3 Å². The molecule has 0 fully saturated rings. The molecule has 0 bridgehead atoms. The Morgan fingerprint density at radius 1 is 1.71 bits per heavy atom. The van der Waals surface area contributed by atoms with Crippen molar-refractivity contribution in [2.24, 2.45) is 5.92 Å². The first-order chi connectivity index (χ1) is 3.18. The van der Waals surface area contributed by atoms with Crippen LogP contribution >= 0.6 is 0 Å². The minimum atomic E-state index is -0.884.